The molecule has 0 aliphatic heterocycles. The van der Waals surface area contributed by atoms with Crippen LogP contribution in [0.5, 0.6) is 5.75 Å². The Morgan fingerprint density at radius 3 is 2.57 bits per heavy atom. The van der Waals surface area contributed by atoms with Crippen LogP contribution in [0.1, 0.15) is 23.5 Å². The maximum Gasteiger partial charge on any atom is 0.123 e. The van der Waals surface area contributed by atoms with Crippen LogP contribution in [0.15, 0.2) is 42.5 Å². The van der Waals surface area contributed by atoms with Gasteiger partial charge >= 0.3 is 0 Å². The Labute approximate surface area is 128 Å². The lowest BCUT2D eigenvalue weighted by Crippen LogP contribution is -2.04. The van der Waals surface area contributed by atoms with Gasteiger partial charge in [-0.3, -0.25) is 0 Å². The SMILES string of the molecule is Cc1cc(OCCC(C#N)c2ccc(F)cc2)ccc1Cl. The van der Waals surface area contributed by atoms with Crippen LogP contribution in [0.4, 0.5) is 4.39 Å². The van der Waals surface area contributed by atoms with E-state index in [0.717, 1.165) is 16.9 Å². The van der Waals surface area contributed by atoms with Gasteiger partial charge in [-0.1, -0.05) is 23.7 Å². The topological polar surface area (TPSA) is 33.0 Å². The van der Waals surface area contributed by atoms with Gasteiger partial charge in [0.2, 0.25) is 0 Å². The first-order valence-corrected chi connectivity index (χ1v) is 7.02. The number of hydrogen-bond donors (Lipinski definition) is 0. The zero-order valence-electron chi connectivity index (χ0n) is 11.6. The molecule has 4 heteroatoms. The van der Waals surface area contributed by atoms with Gasteiger partial charge in [-0.05, 0) is 48.4 Å². The smallest absolute Gasteiger partial charge is 0.123 e. The number of rotatable bonds is 5. The molecule has 0 spiro atoms. The van der Waals surface area contributed by atoms with Crippen LogP contribution in [0.25, 0.3) is 0 Å². The van der Waals surface area contributed by atoms with Crippen molar-refractivity contribution in [1.29, 1.82) is 5.26 Å². The Morgan fingerprint density at radius 1 is 1.24 bits per heavy atom. The Morgan fingerprint density at radius 2 is 1.95 bits per heavy atom. The molecule has 0 bridgehead atoms. The van der Waals surface area contributed by atoms with E-state index in [4.69, 9.17) is 16.3 Å². The Balaban J connectivity index is 1.93. The highest BCUT2D eigenvalue weighted by Gasteiger charge is 2.11. The quantitative estimate of drug-likeness (QED) is 0.790. The van der Waals surface area contributed by atoms with E-state index in [1.807, 2.05) is 13.0 Å². The lowest BCUT2D eigenvalue weighted by Gasteiger charge is -2.11. The average Bonchev–Trinajstić information content (AvgIpc) is 2.48. The second-order valence-electron chi connectivity index (χ2n) is 4.78. The molecule has 2 rings (SSSR count). The molecule has 0 aliphatic rings. The van der Waals surface area contributed by atoms with Gasteiger partial charge in [0.15, 0.2) is 0 Å². The standard InChI is InChI=1S/C17H15ClFNO/c1-12-10-16(6-7-17(12)18)21-9-8-14(11-20)13-2-4-15(19)5-3-13/h2-7,10,14H,8-9H2,1H3. The molecule has 0 amide bonds. The molecule has 0 radical (unpaired) electrons. The van der Waals surface area contributed by atoms with Gasteiger partial charge in [-0.15, -0.1) is 0 Å². The third-order valence-corrected chi connectivity index (χ3v) is 3.66. The minimum atomic E-state index is -0.306. The number of nitrogens with zero attached hydrogens (tertiary/aromatic N) is 1. The van der Waals surface area contributed by atoms with Gasteiger partial charge in [0.25, 0.3) is 0 Å². The fourth-order valence-electron chi connectivity index (χ4n) is 2.00. The van der Waals surface area contributed by atoms with E-state index in [1.165, 1.54) is 12.1 Å². The maximum absolute atomic E-state index is 12.9. The summed E-state index contributed by atoms with van der Waals surface area (Å²) in [6.45, 7) is 2.32. The summed E-state index contributed by atoms with van der Waals surface area (Å²) in [5.74, 6) is 0.120. The Bertz CT molecular complexity index is 649. The summed E-state index contributed by atoms with van der Waals surface area (Å²) in [5.41, 5.74) is 1.75. The zero-order valence-corrected chi connectivity index (χ0v) is 12.4. The van der Waals surface area contributed by atoms with Crippen molar-refractivity contribution in [3.63, 3.8) is 0 Å². The molecule has 0 fully saturated rings. The fraction of sp³-hybridized carbons (Fsp3) is 0.235. The monoisotopic (exact) mass is 303 g/mol. The minimum absolute atomic E-state index is 0.302. The summed E-state index contributed by atoms with van der Waals surface area (Å²) in [6.07, 6.45) is 0.545. The number of aryl methyl sites for hydroxylation is 1. The van der Waals surface area contributed by atoms with Crippen molar-refractivity contribution in [3.8, 4) is 11.8 Å². The van der Waals surface area contributed by atoms with Crippen molar-refractivity contribution in [2.24, 2.45) is 0 Å². The lowest BCUT2D eigenvalue weighted by molar-refractivity contribution is 0.306. The van der Waals surface area contributed by atoms with Gasteiger partial charge in [0.05, 0.1) is 18.6 Å². The first-order chi connectivity index (χ1) is 10.1. The first kappa shape index (κ1) is 15.3. The zero-order chi connectivity index (χ0) is 15.2. The molecule has 0 heterocycles. The van der Waals surface area contributed by atoms with Crippen molar-refractivity contribution in [3.05, 3.63) is 64.4 Å². The van der Waals surface area contributed by atoms with Crippen LogP contribution < -0.4 is 4.74 Å². The third kappa shape index (κ3) is 4.21. The summed E-state index contributed by atoms with van der Waals surface area (Å²) < 4.78 is 18.5. The lowest BCUT2D eigenvalue weighted by atomic mass is 9.98. The number of halogens is 2. The number of benzene rings is 2. The third-order valence-electron chi connectivity index (χ3n) is 3.23. The van der Waals surface area contributed by atoms with Crippen LogP contribution >= 0.6 is 11.6 Å². The molecule has 2 aromatic rings. The predicted octanol–water partition coefficient (Wildman–Crippen LogP) is 4.86. The van der Waals surface area contributed by atoms with Crippen molar-refractivity contribution in [2.75, 3.05) is 6.61 Å². The highest BCUT2D eigenvalue weighted by molar-refractivity contribution is 6.31. The normalized spacial score (nSPS) is 11.7. The van der Waals surface area contributed by atoms with E-state index in [1.54, 1.807) is 24.3 Å². The second kappa shape index (κ2) is 7.10. The van der Waals surface area contributed by atoms with Crippen LogP contribution in [0, 0.1) is 24.1 Å². The molecule has 21 heavy (non-hydrogen) atoms. The van der Waals surface area contributed by atoms with E-state index in [9.17, 15) is 9.65 Å². The molecule has 2 nitrogen and oxygen atoms in total. The second-order valence-corrected chi connectivity index (χ2v) is 5.19. The Kier molecular flexibility index (Phi) is 5.19. The summed E-state index contributed by atoms with van der Waals surface area (Å²) in [5, 5.41) is 9.91. The molecular weight excluding hydrogens is 289 g/mol. The van der Waals surface area contributed by atoms with Crippen LogP contribution in [-0.2, 0) is 0 Å². The minimum Gasteiger partial charge on any atom is -0.494 e. The highest BCUT2D eigenvalue weighted by atomic mass is 35.5. The number of hydrogen-bond acceptors (Lipinski definition) is 2. The molecule has 108 valence electrons. The molecular formula is C17H15ClFNO. The average molecular weight is 304 g/mol. The van der Waals surface area contributed by atoms with E-state index in [-0.39, 0.29) is 11.7 Å². The fourth-order valence-corrected chi connectivity index (χ4v) is 2.12. The number of nitriles is 1. The van der Waals surface area contributed by atoms with E-state index < -0.39 is 0 Å². The first-order valence-electron chi connectivity index (χ1n) is 6.64. The van der Waals surface area contributed by atoms with Crippen LogP contribution in [-0.4, -0.2) is 6.61 Å². The molecule has 0 aromatic heterocycles. The van der Waals surface area contributed by atoms with E-state index in [2.05, 4.69) is 6.07 Å². The van der Waals surface area contributed by atoms with E-state index >= 15 is 0 Å². The van der Waals surface area contributed by atoms with Gasteiger partial charge < -0.3 is 4.74 Å². The van der Waals surface area contributed by atoms with Crippen molar-refractivity contribution >= 4 is 11.6 Å². The van der Waals surface area contributed by atoms with Gasteiger partial charge in [-0.25, -0.2) is 4.39 Å². The molecule has 0 aliphatic carbocycles. The molecule has 1 unspecified atom stereocenters. The number of ether oxygens (including phenoxy) is 1. The van der Waals surface area contributed by atoms with E-state index in [0.29, 0.717) is 18.1 Å². The predicted molar refractivity (Wildman–Crippen MR) is 81.1 cm³/mol. The van der Waals surface area contributed by atoms with Gasteiger partial charge in [0, 0.05) is 11.4 Å². The van der Waals surface area contributed by atoms with Crippen LogP contribution in [0.2, 0.25) is 5.02 Å². The van der Waals surface area contributed by atoms with Crippen molar-refractivity contribution in [2.45, 2.75) is 19.3 Å². The molecule has 2 aromatic carbocycles. The Hall–Kier alpha value is -2.05. The summed E-state index contributed by atoms with van der Waals surface area (Å²) in [6, 6.07) is 13.7. The van der Waals surface area contributed by atoms with Gasteiger partial charge in [-0.2, -0.15) is 5.26 Å². The molecule has 0 saturated heterocycles. The maximum atomic E-state index is 12.9. The molecule has 1 atom stereocenters. The largest absolute Gasteiger partial charge is 0.494 e. The van der Waals surface area contributed by atoms with Crippen molar-refractivity contribution < 1.29 is 9.13 Å². The van der Waals surface area contributed by atoms with Crippen LogP contribution in [0.3, 0.4) is 0 Å². The summed E-state index contributed by atoms with van der Waals surface area (Å²) in [4.78, 5) is 0. The van der Waals surface area contributed by atoms with Crippen molar-refractivity contribution in [1.82, 2.24) is 0 Å². The highest BCUT2D eigenvalue weighted by Crippen LogP contribution is 2.23. The molecule has 0 N–H and O–H groups in total. The van der Waals surface area contributed by atoms with Gasteiger partial charge in [0.1, 0.15) is 11.6 Å². The molecule has 0 saturated carbocycles. The summed E-state index contributed by atoms with van der Waals surface area (Å²) in [7, 11) is 0. The summed E-state index contributed by atoms with van der Waals surface area (Å²) >= 11 is 5.95.